The Morgan fingerprint density at radius 1 is 1.50 bits per heavy atom. The third-order valence-corrected chi connectivity index (χ3v) is 3.59. The predicted molar refractivity (Wildman–Crippen MR) is 76.2 cm³/mol. The van der Waals surface area contributed by atoms with Crippen LogP contribution in [0.3, 0.4) is 0 Å². The van der Waals surface area contributed by atoms with E-state index >= 15 is 0 Å². The summed E-state index contributed by atoms with van der Waals surface area (Å²) in [6.07, 6.45) is 2.25. The summed E-state index contributed by atoms with van der Waals surface area (Å²) in [7, 11) is 1.62. The van der Waals surface area contributed by atoms with Gasteiger partial charge in [0.15, 0.2) is 0 Å². The van der Waals surface area contributed by atoms with E-state index in [0.29, 0.717) is 12.2 Å². The fourth-order valence-electron chi connectivity index (χ4n) is 2.46. The summed E-state index contributed by atoms with van der Waals surface area (Å²) in [5.41, 5.74) is 1.46. The molecule has 106 valence electrons. The number of hydrogen-bond acceptors (Lipinski definition) is 3. The number of aromatic nitrogens is 1. The SMILES string of the molecule is COc1ccc2cc(C(=O)NC[C@H]3CCCO3)[nH]c2c1. The summed E-state index contributed by atoms with van der Waals surface area (Å²) < 4.78 is 10.7. The maximum atomic E-state index is 12.1. The lowest BCUT2D eigenvalue weighted by atomic mass is 10.2. The fraction of sp³-hybridized carbons (Fsp3) is 0.400. The minimum absolute atomic E-state index is 0.101. The van der Waals surface area contributed by atoms with E-state index in [2.05, 4.69) is 10.3 Å². The quantitative estimate of drug-likeness (QED) is 0.897. The molecule has 2 aromatic rings. The van der Waals surface area contributed by atoms with Crippen LogP contribution in [-0.4, -0.2) is 37.3 Å². The number of nitrogens with one attached hydrogen (secondary N) is 2. The average molecular weight is 274 g/mol. The van der Waals surface area contributed by atoms with Crippen molar-refractivity contribution in [1.29, 1.82) is 0 Å². The van der Waals surface area contributed by atoms with Gasteiger partial charge < -0.3 is 19.8 Å². The Morgan fingerprint density at radius 3 is 3.15 bits per heavy atom. The van der Waals surface area contributed by atoms with Crippen LogP contribution >= 0.6 is 0 Å². The van der Waals surface area contributed by atoms with Gasteiger partial charge in [-0.1, -0.05) is 0 Å². The van der Waals surface area contributed by atoms with Gasteiger partial charge in [0.25, 0.3) is 5.91 Å². The zero-order valence-electron chi connectivity index (χ0n) is 11.4. The molecule has 1 aromatic heterocycles. The Kier molecular flexibility index (Phi) is 3.60. The second-order valence-electron chi connectivity index (χ2n) is 4.98. The van der Waals surface area contributed by atoms with Crippen LogP contribution in [0.25, 0.3) is 10.9 Å². The molecule has 1 fully saturated rings. The van der Waals surface area contributed by atoms with E-state index in [1.165, 1.54) is 0 Å². The molecule has 3 rings (SSSR count). The van der Waals surface area contributed by atoms with Crippen molar-refractivity contribution in [3.05, 3.63) is 30.0 Å². The molecule has 2 N–H and O–H groups in total. The minimum Gasteiger partial charge on any atom is -0.497 e. The first kappa shape index (κ1) is 13.0. The number of benzene rings is 1. The number of methoxy groups -OCH3 is 1. The number of carbonyl (C=O) groups excluding carboxylic acids is 1. The van der Waals surface area contributed by atoms with Crippen LogP contribution in [0.1, 0.15) is 23.3 Å². The second-order valence-corrected chi connectivity index (χ2v) is 4.98. The molecule has 20 heavy (non-hydrogen) atoms. The maximum Gasteiger partial charge on any atom is 0.267 e. The summed E-state index contributed by atoms with van der Waals surface area (Å²) >= 11 is 0. The van der Waals surface area contributed by atoms with Crippen molar-refractivity contribution in [3.8, 4) is 5.75 Å². The molecule has 5 heteroatoms. The summed E-state index contributed by atoms with van der Waals surface area (Å²) in [6.45, 7) is 1.37. The Bertz CT molecular complexity index is 615. The van der Waals surface area contributed by atoms with E-state index in [1.54, 1.807) is 7.11 Å². The topological polar surface area (TPSA) is 63.4 Å². The maximum absolute atomic E-state index is 12.1. The van der Waals surface area contributed by atoms with Crippen molar-refractivity contribution in [1.82, 2.24) is 10.3 Å². The molecule has 5 nitrogen and oxygen atoms in total. The third-order valence-electron chi connectivity index (χ3n) is 3.59. The fourth-order valence-corrected chi connectivity index (χ4v) is 2.46. The number of ether oxygens (including phenoxy) is 2. The highest BCUT2D eigenvalue weighted by atomic mass is 16.5. The van der Waals surface area contributed by atoms with Gasteiger partial charge in [0.2, 0.25) is 0 Å². The molecule has 2 heterocycles. The molecule has 1 aromatic carbocycles. The van der Waals surface area contributed by atoms with Gasteiger partial charge in [-0.25, -0.2) is 0 Å². The highest BCUT2D eigenvalue weighted by molar-refractivity contribution is 5.98. The molecular weight excluding hydrogens is 256 g/mol. The Labute approximate surface area is 117 Å². The molecule has 1 atom stereocenters. The van der Waals surface area contributed by atoms with E-state index in [4.69, 9.17) is 9.47 Å². The largest absolute Gasteiger partial charge is 0.497 e. The van der Waals surface area contributed by atoms with Gasteiger partial charge in [-0.3, -0.25) is 4.79 Å². The lowest BCUT2D eigenvalue weighted by Gasteiger charge is -2.09. The van der Waals surface area contributed by atoms with E-state index in [0.717, 1.165) is 36.1 Å². The molecule has 0 unspecified atom stereocenters. The number of amides is 1. The number of rotatable bonds is 4. The average Bonchev–Trinajstić information content (AvgIpc) is 3.12. The second kappa shape index (κ2) is 5.54. The van der Waals surface area contributed by atoms with E-state index in [1.807, 2.05) is 24.3 Å². The first-order valence-corrected chi connectivity index (χ1v) is 6.83. The molecule has 0 saturated carbocycles. The van der Waals surface area contributed by atoms with Crippen LogP contribution < -0.4 is 10.1 Å². The number of hydrogen-bond donors (Lipinski definition) is 2. The van der Waals surface area contributed by atoms with Gasteiger partial charge in [-0.05, 0) is 31.0 Å². The van der Waals surface area contributed by atoms with Crippen molar-refractivity contribution in [2.24, 2.45) is 0 Å². The van der Waals surface area contributed by atoms with Crippen LogP contribution in [0.2, 0.25) is 0 Å². The van der Waals surface area contributed by atoms with Crippen LogP contribution in [0, 0.1) is 0 Å². The number of carbonyl (C=O) groups is 1. The molecule has 1 aliphatic heterocycles. The molecule has 0 aliphatic carbocycles. The van der Waals surface area contributed by atoms with Gasteiger partial charge in [0.1, 0.15) is 11.4 Å². The highest BCUT2D eigenvalue weighted by Crippen LogP contribution is 2.21. The van der Waals surface area contributed by atoms with Crippen molar-refractivity contribution < 1.29 is 14.3 Å². The lowest BCUT2D eigenvalue weighted by Crippen LogP contribution is -2.31. The summed E-state index contributed by atoms with van der Waals surface area (Å²) in [4.78, 5) is 15.2. The zero-order chi connectivity index (χ0) is 13.9. The summed E-state index contributed by atoms with van der Waals surface area (Å²) in [5.74, 6) is 0.668. The Balaban J connectivity index is 1.70. The van der Waals surface area contributed by atoms with Gasteiger partial charge in [-0.15, -0.1) is 0 Å². The zero-order valence-corrected chi connectivity index (χ0v) is 11.4. The van der Waals surface area contributed by atoms with Crippen molar-refractivity contribution in [2.45, 2.75) is 18.9 Å². The van der Waals surface area contributed by atoms with E-state index in [-0.39, 0.29) is 12.0 Å². The first-order chi connectivity index (χ1) is 9.76. The molecule has 0 bridgehead atoms. The summed E-state index contributed by atoms with van der Waals surface area (Å²) in [5, 5.41) is 3.90. The first-order valence-electron chi connectivity index (χ1n) is 6.83. The predicted octanol–water partition coefficient (Wildman–Crippen LogP) is 2.09. The van der Waals surface area contributed by atoms with Gasteiger partial charge in [-0.2, -0.15) is 0 Å². The van der Waals surface area contributed by atoms with Crippen molar-refractivity contribution >= 4 is 16.8 Å². The standard InChI is InChI=1S/C15H18N2O3/c1-19-11-5-4-10-7-14(17-13(10)8-11)15(18)16-9-12-3-2-6-20-12/h4-5,7-8,12,17H,2-3,6,9H2,1H3,(H,16,18)/t12-/m1/s1. The number of H-pyrrole nitrogens is 1. The van der Waals surface area contributed by atoms with Crippen LogP contribution in [0.15, 0.2) is 24.3 Å². The Morgan fingerprint density at radius 2 is 2.40 bits per heavy atom. The van der Waals surface area contributed by atoms with Gasteiger partial charge >= 0.3 is 0 Å². The van der Waals surface area contributed by atoms with Crippen LogP contribution in [-0.2, 0) is 4.74 Å². The van der Waals surface area contributed by atoms with E-state index < -0.39 is 0 Å². The highest BCUT2D eigenvalue weighted by Gasteiger charge is 2.17. The van der Waals surface area contributed by atoms with Gasteiger partial charge in [0.05, 0.1) is 13.2 Å². The van der Waals surface area contributed by atoms with Crippen molar-refractivity contribution in [3.63, 3.8) is 0 Å². The monoisotopic (exact) mass is 274 g/mol. The molecule has 0 spiro atoms. The molecule has 1 amide bonds. The van der Waals surface area contributed by atoms with Crippen molar-refractivity contribution in [2.75, 3.05) is 20.3 Å². The van der Waals surface area contributed by atoms with E-state index in [9.17, 15) is 4.79 Å². The normalized spacial score (nSPS) is 18.4. The smallest absolute Gasteiger partial charge is 0.267 e. The molecule has 1 aliphatic rings. The molecule has 1 saturated heterocycles. The van der Waals surface area contributed by atoms with Crippen LogP contribution in [0.4, 0.5) is 0 Å². The molecule has 0 radical (unpaired) electrons. The van der Waals surface area contributed by atoms with Gasteiger partial charge in [0, 0.05) is 30.1 Å². The minimum atomic E-state index is -0.101. The summed E-state index contributed by atoms with van der Waals surface area (Å²) in [6, 6.07) is 7.54. The number of aromatic amines is 1. The van der Waals surface area contributed by atoms with Crippen LogP contribution in [0.5, 0.6) is 5.75 Å². The molecular formula is C15H18N2O3. The lowest BCUT2D eigenvalue weighted by molar-refractivity contribution is 0.0854. The third kappa shape index (κ3) is 2.63. The number of fused-ring (bicyclic) bond motifs is 1. The Hall–Kier alpha value is -2.01.